The Bertz CT molecular complexity index is 701. The zero-order valence-corrected chi connectivity index (χ0v) is 12.3. The van der Waals surface area contributed by atoms with Crippen LogP contribution in [0.3, 0.4) is 0 Å². The van der Waals surface area contributed by atoms with E-state index in [4.69, 9.17) is 5.26 Å². The number of para-hydroxylation sites is 1. The van der Waals surface area contributed by atoms with Gasteiger partial charge in [-0.25, -0.2) is 8.42 Å². The SMILES string of the molecule is CS(=O)(=O)c1cccc(N2CCC(C#N)CC2)c1[N+](=O)[O-]. The minimum absolute atomic E-state index is 0.0432. The molecule has 0 saturated carbocycles. The van der Waals surface area contributed by atoms with Gasteiger partial charge in [0.05, 0.1) is 11.0 Å². The van der Waals surface area contributed by atoms with E-state index in [9.17, 15) is 18.5 Å². The normalized spacial score (nSPS) is 16.5. The summed E-state index contributed by atoms with van der Waals surface area (Å²) in [4.78, 5) is 12.2. The van der Waals surface area contributed by atoms with Crippen LogP contribution in [0.4, 0.5) is 11.4 Å². The maximum absolute atomic E-state index is 11.7. The molecule has 0 spiro atoms. The summed E-state index contributed by atoms with van der Waals surface area (Å²) in [5, 5.41) is 20.2. The van der Waals surface area contributed by atoms with Gasteiger partial charge in [0.1, 0.15) is 10.6 Å². The van der Waals surface area contributed by atoms with Crippen LogP contribution in [0.15, 0.2) is 23.1 Å². The number of nitriles is 1. The predicted molar refractivity (Wildman–Crippen MR) is 76.8 cm³/mol. The van der Waals surface area contributed by atoms with Crippen molar-refractivity contribution < 1.29 is 13.3 Å². The molecule has 1 aromatic rings. The van der Waals surface area contributed by atoms with E-state index in [2.05, 4.69) is 6.07 Å². The second-order valence-electron chi connectivity index (χ2n) is 5.04. The van der Waals surface area contributed by atoms with Crippen LogP contribution in [-0.4, -0.2) is 32.7 Å². The highest BCUT2D eigenvalue weighted by molar-refractivity contribution is 7.90. The van der Waals surface area contributed by atoms with Crippen LogP contribution < -0.4 is 4.90 Å². The molecule has 2 rings (SSSR count). The van der Waals surface area contributed by atoms with Crippen LogP contribution in [0.5, 0.6) is 0 Å². The molecule has 7 nitrogen and oxygen atoms in total. The average Bonchev–Trinajstić information content (AvgIpc) is 2.45. The van der Waals surface area contributed by atoms with E-state index in [1.807, 2.05) is 0 Å². The lowest BCUT2D eigenvalue weighted by Gasteiger charge is -2.30. The van der Waals surface area contributed by atoms with E-state index in [0.29, 0.717) is 31.6 Å². The largest absolute Gasteiger partial charge is 0.366 e. The minimum atomic E-state index is -3.68. The molecule has 0 amide bonds. The van der Waals surface area contributed by atoms with Gasteiger partial charge in [-0.05, 0) is 25.0 Å². The minimum Gasteiger partial charge on any atom is -0.366 e. The number of hydrogen-bond donors (Lipinski definition) is 0. The molecule has 0 bridgehead atoms. The number of nitro groups is 1. The molecule has 8 heteroatoms. The van der Waals surface area contributed by atoms with E-state index in [0.717, 1.165) is 6.26 Å². The Morgan fingerprint density at radius 2 is 2.00 bits per heavy atom. The molecule has 0 unspecified atom stereocenters. The first-order valence-electron chi connectivity index (χ1n) is 6.46. The number of benzene rings is 1. The number of rotatable bonds is 3. The lowest BCUT2D eigenvalue weighted by molar-refractivity contribution is -0.387. The highest BCUT2D eigenvalue weighted by atomic mass is 32.2. The Morgan fingerprint density at radius 1 is 1.38 bits per heavy atom. The molecule has 112 valence electrons. The molecule has 0 aromatic heterocycles. The van der Waals surface area contributed by atoms with Crippen molar-refractivity contribution in [3.63, 3.8) is 0 Å². The molecule has 0 radical (unpaired) electrons. The molecule has 1 heterocycles. The summed E-state index contributed by atoms with van der Waals surface area (Å²) in [5.74, 6) is -0.0432. The average molecular weight is 309 g/mol. The van der Waals surface area contributed by atoms with Crippen molar-refractivity contribution in [3.8, 4) is 6.07 Å². The smallest absolute Gasteiger partial charge is 0.311 e. The van der Waals surface area contributed by atoms with Crippen LogP contribution in [-0.2, 0) is 9.84 Å². The number of nitro benzene ring substituents is 1. The van der Waals surface area contributed by atoms with Crippen LogP contribution in [0, 0.1) is 27.4 Å². The molecule has 1 aliphatic heterocycles. The highest BCUT2D eigenvalue weighted by Gasteiger charge is 2.30. The number of sulfone groups is 1. The fraction of sp³-hybridized carbons (Fsp3) is 0.462. The third-order valence-corrected chi connectivity index (χ3v) is 4.71. The monoisotopic (exact) mass is 309 g/mol. The Balaban J connectivity index is 2.46. The third-order valence-electron chi connectivity index (χ3n) is 3.58. The molecular formula is C13H15N3O4S. The van der Waals surface area contributed by atoms with Gasteiger partial charge in [-0.2, -0.15) is 5.26 Å². The van der Waals surface area contributed by atoms with Crippen molar-refractivity contribution in [1.29, 1.82) is 5.26 Å². The first-order chi connectivity index (χ1) is 9.84. The molecule has 1 fully saturated rings. The first kappa shape index (κ1) is 15.3. The fourth-order valence-electron chi connectivity index (χ4n) is 2.50. The third kappa shape index (κ3) is 3.13. The highest BCUT2D eigenvalue weighted by Crippen LogP contribution is 2.36. The topological polar surface area (TPSA) is 104 Å². The number of nitrogens with zero attached hydrogens (tertiary/aromatic N) is 3. The molecular weight excluding hydrogens is 294 g/mol. The Morgan fingerprint density at radius 3 is 2.48 bits per heavy atom. The second-order valence-corrected chi connectivity index (χ2v) is 7.03. The molecule has 1 saturated heterocycles. The van der Waals surface area contributed by atoms with Crippen molar-refractivity contribution in [1.82, 2.24) is 0 Å². The van der Waals surface area contributed by atoms with Crippen molar-refractivity contribution in [3.05, 3.63) is 28.3 Å². The fourth-order valence-corrected chi connectivity index (χ4v) is 3.35. The molecule has 1 aromatic carbocycles. The summed E-state index contributed by atoms with van der Waals surface area (Å²) in [5.41, 5.74) is -0.0743. The number of piperidine rings is 1. The summed E-state index contributed by atoms with van der Waals surface area (Å²) in [6, 6.07) is 6.51. The van der Waals surface area contributed by atoms with Gasteiger partial charge >= 0.3 is 5.69 Å². The van der Waals surface area contributed by atoms with Gasteiger partial charge in [0, 0.05) is 25.3 Å². The summed E-state index contributed by atoms with van der Waals surface area (Å²) in [6.07, 6.45) is 2.20. The summed E-state index contributed by atoms with van der Waals surface area (Å²) in [6.45, 7) is 1.01. The van der Waals surface area contributed by atoms with E-state index < -0.39 is 14.8 Å². The molecule has 21 heavy (non-hydrogen) atoms. The number of anilines is 1. The van der Waals surface area contributed by atoms with Gasteiger partial charge in [0.2, 0.25) is 0 Å². The summed E-state index contributed by atoms with van der Waals surface area (Å²) >= 11 is 0. The van der Waals surface area contributed by atoms with Crippen LogP contribution in [0.1, 0.15) is 12.8 Å². The van der Waals surface area contributed by atoms with Gasteiger partial charge in [0.15, 0.2) is 9.84 Å². The second kappa shape index (κ2) is 5.69. The van der Waals surface area contributed by atoms with Crippen molar-refractivity contribution >= 4 is 21.2 Å². The van der Waals surface area contributed by atoms with E-state index in [1.54, 1.807) is 11.0 Å². The zero-order valence-electron chi connectivity index (χ0n) is 11.5. The number of hydrogen-bond acceptors (Lipinski definition) is 6. The van der Waals surface area contributed by atoms with Crippen LogP contribution >= 0.6 is 0 Å². The quantitative estimate of drug-likeness (QED) is 0.622. The summed E-state index contributed by atoms with van der Waals surface area (Å²) in [7, 11) is -3.68. The first-order valence-corrected chi connectivity index (χ1v) is 8.35. The lowest BCUT2D eigenvalue weighted by Crippen LogP contribution is -2.33. The summed E-state index contributed by atoms with van der Waals surface area (Å²) < 4.78 is 23.5. The maximum Gasteiger partial charge on any atom is 0.311 e. The van der Waals surface area contributed by atoms with Crippen molar-refractivity contribution in [2.24, 2.45) is 5.92 Å². The van der Waals surface area contributed by atoms with Crippen LogP contribution in [0.2, 0.25) is 0 Å². The molecule has 1 aliphatic rings. The van der Waals surface area contributed by atoms with Crippen molar-refractivity contribution in [2.75, 3.05) is 24.2 Å². The lowest BCUT2D eigenvalue weighted by atomic mass is 9.98. The standard InChI is InChI=1S/C13H15N3O4S/c1-21(19,20)12-4-2-3-11(13(12)16(17)18)15-7-5-10(9-14)6-8-15/h2-4,10H,5-8H2,1H3. The van der Waals surface area contributed by atoms with Gasteiger partial charge in [0.25, 0.3) is 0 Å². The Labute approximate surface area is 122 Å². The van der Waals surface area contributed by atoms with E-state index >= 15 is 0 Å². The van der Waals surface area contributed by atoms with Gasteiger partial charge in [-0.1, -0.05) is 6.07 Å². The Kier molecular flexibility index (Phi) is 4.14. The Hall–Kier alpha value is -2.14. The van der Waals surface area contributed by atoms with Gasteiger partial charge < -0.3 is 4.90 Å². The molecule has 0 N–H and O–H groups in total. The van der Waals surface area contributed by atoms with E-state index in [-0.39, 0.29) is 16.5 Å². The maximum atomic E-state index is 11.7. The molecule has 0 atom stereocenters. The van der Waals surface area contributed by atoms with Crippen molar-refractivity contribution in [2.45, 2.75) is 17.7 Å². The predicted octanol–water partition coefficient (Wildman–Crippen LogP) is 1.74. The zero-order chi connectivity index (χ0) is 15.6. The van der Waals surface area contributed by atoms with Crippen LogP contribution in [0.25, 0.3) is 0 Å². The van der Waals surface area contributed by atoms with E-state index in [1.165, 1.54) is 12.1 Å². The van der Waals surface area contributed by atoms with Gasteiger partial charge in [-0.3, -0.25) is 10.1 Å². The van der Waals surface area contributed by atoms with Gasteiger partial charge in [-0.15, -0.1) is 0 Å². The molecule has 0 aliphatic carbocycles.